The van der Waals surface area contributed by atoms with Gasteiger partial charge in [0.05, 0.1) is 5.69 Å². The monoisotopic (exact) mass is 370 g/mol. The lowest BCUT2D eigenvalue weighted by atomic mass is 10.1. The molecule has 0 radical (unpaired) electrons. The highest BCUT2D eigenvalue weighted by molar-refractivity contribution is 9.10. The molecule has 6 heteroatoms. The molecule has 1 aromatic heterocycles. The summed E-state index contributed by atoms with van der Waals surface area (Å²) in [7, 11) is 0. The van der Waals surface area contributed by atoms with Gasteiger partial charge in [0, 0.05) is 16.6 Å². The van der Waals surface area contributed by atoms with Crippen LogP contribution in [0.15, 0.2) is 59.6 Å². The number of amides is 1. The summed E-state index contributed by atoms with van der Waals surface area (Å²) in [6.07, 6.45) is 3.14. The summed E-state index contributed by atoms with van der Waals surface area (Å²) in [5.41, 5.74) is 3.57. The second-order valence-electron chi connectivity index (χ2n) is 5.10. The van der Waals surface area contributed by atoms with Crippen LogP contribution >= 0.6 is 15.9 Å². The smallest absolute Gasteiger partial charge is 0.251 e. The fourth-order valence-electron chi connectivity index (χ4n) is 2.24. The molecule has 0 aliphatic heterocycles. The van der Waals surface area contributed by atoms with E-state index in [-0.39, 0.29) is 5.91 Å². The maximum atomic E-state index is 12.3. The van der Waals surface area contributed by atoms with E-state index in [9.17, 15) is 4.79 Å². The molecule has 0 unspecified atom stereocenters. The molecule has 0 spiro atoms. The minimum Gasteiger partial charge on any atom is -0.348 e. The molecule has 23 heavy (non-hydrogen) atoms. The Bertz CT molecular complexity index is 813. The average Bonchev–Trinajstić information content (AvgIpc) is 3.10. The Morgan fingerprint density at radius 1 is 1.22 bits per heavy atom. The molecule has 3 rings (SSSR count). The number of carbonyl (C=O) groups excluding carboxylic acids is 1. The predicted molar refractivity (Wildman–Crippen MR) is 91.4 cm³/mol. The minimum atomic E-state index is -0.0795. The molecular formula is C17H15BrN4O. The number of hydrogen-bond donors (Lipinski definition) is 1. The van der Waals surface area contributed by atoms with Crippen molar-refractivity contribution >= 4 is 21.8 Å². The first-order valence-electron chi connectivity index (χ1n) is 7.12. The van der Waals surface area contributed by atoms with Crippen molar-refractivity contribution < 1.29 is 4.79 Å². The molecule has 5 nitrogen and oxygen atoms in total. The van der Waals surface area contributed by atoms with E-state index >= 15 is 0 Å². The van der Waals surface area contributed by atoms with Crippen LogP contribution < -0.4 is 5.32 Å². The van der Waals surface area contributed by atoms with Gasteiger partial charge in [-0.25, -0.2) is 9.67 Å². The van der Waals surface area contributed by atoms with Crippen LogP contribution in [-0.2, 0) is 6.54 Å². The molecule has 1 amide bonds. The van der Waals surface area contributed by atoms with Crippen molar-refractivity contribution in [3.8, 4) is 5.69 Å². The zero-order valence-corrected chi connectivity index (χ0v) is 14.1. The maximum Gasteiger partial charge on any atom is 0.251 e. The molecule has 0 aliphatic carbocycles. The largest absolute Gasteiger partial charge is 0.348 e. The quantitative estimate of drug-likeness (QED) is 0.766. The van der Waals surface area contributed by atoms with Gasteiger partial charge in [-0.3, -0.25) is 4.79 Å². The minimum absolute atomic E-state index is 0.0795. The molecule has 0 aliphatic rings. The van der Waals surface area contributed by atoms with E-state index in [0.29, 0.717) is 12.1 Å². The lowest BCUT2D eigenvalue weighted by molar-refractivity contribution is 0.0950. The van der Waals surface area contributed by atoms with Crippen molar-refractivity contribution in [3.05, 3.63) is 76.3 Å². The number of carbonyl (C=O) groups is 1. The van der Waals surface area contributed by atoms with E-state index in [4.69, 9.17) is 0 Å². The van der Waals surface area contributed by atoms with Crippen molar-refractivity contribution in [3.63, 3.8) is 0 Å². The van der Waals surface area contributed by atoms with Gasteiger partial charge in [-0.05, 0) is 42.3 Å². The van der Waals surface area contributed by atoms with Crippen LogP contribution in [0.25, 0.3) is 5.69 Å². The summed E-state index contributed by atoms with van der Waals surface area (Å²) in [5.74, 6) is -0.0795. The average molecular weight is 371 g/mol. The summed E-state index contributed by atoms with van der Waals surface area (Å²) < 4.78 is 2.62. The second-order valence-corrected chi connectivity index (χ2v) is 5.96. The Kier molecular flexibility index (Phi) is 4.52. The Labute approximate surface area is 142 Å². The molecule has 0 bridgehead atoms. The summed E-state index contributed by atoms with van der Waals surface area (Å²) in [6.45, 7) is 2.40. The first kappa shape index (κ1) is 15.4. The van der Waals surface area contributed by atoms with Crippen molar-refractivity contribution in [2.24, 2.45) is 0 Å². The Morgan fingerprint density at radius 2 is 2.00 bits per heavy atom. The summed E-state index contributed by atoms with van der Waals surface area (Å²) in [4.78, 5) is 16.2. The lowest BCUT2D eigenvalue weighted by Gasteiger charge is -2.09. The SMILES string of the molecule is Cc1c(Br)cccc1C(=O)NCc1ccc(-n2cncn2)cc1. The van der Waals surface area contributed by atoms with Crippen LogP contribution in [0, 0.1) is 6.92 Å². The van der Waals surface area contributed by atoms with Crippen LogP contribution in [0.3, 0.4) is 0 Å². The van der Waals surface area contributed by atoms with E-state index in [2.05, 4.69) is 31.3 Å². The van der Waals surface area contributed by atoms with Gasteiger partial charge in [0.15, 0.2) is 0 Å². The van der Waals surface area contributed by atoms with Gasteiger partial charge in [0.1, 0.15) is 12.7 Å². The Morgan fingerprint density at radius 3 is 2.70 bits per heavy atom. The molecule has 0 saturated carbocycles. The third kappa shape index (κ3) is 3.48. The number of nitrogens with one attached hydrogen (secondary N) is 1. The molecule has 0 atom stereocenters. The fourth-order valence-corrected chi connectivity index (χ4v) is 2.61. The summed E-state index contributed by atoms with van der Waals surface area (Å²) >= 11 is 3.44. The highest BCUT2D eigenvalue weighted by Crippen LogP contribution is 2.19. The molecule has 1 N–H and O–H groups in total. The maximum absolute atomic E-state index is 12.3. The third-order valence-electron chi connectivity index (χ3n) is 3.59. The zero-order valence-electron chi connectivity index (χ0n) is 12.5. The van der Waals surface area contributed by atoms with E-state index in [1.54, 1.807) is 11.0 Å². The van der Waals surface area contributed by atoms with Gasteiger partial charge < -0.3 is 5.32 Å². The van der Waals surface area contributed by atoms with Gasteiger partial charge in [-0.15, -0.1) is 0 Å². The number of nitrogens with zero attached hydrogens (tertiary/aromatic N) is 3. The molecule has 0 saturated heterocycles. The van der Waals surface area contributed by atoms with Crippen LogP contribution in [0.1, 0.15) is 21.5 Å². The van der Waals surface area contributed by atoms with E-state index < -0.39 is 0 Å². The second kappa shape index (κ2) is 6.75. The highest BCUT2D eigenvalue weighted by Gasteiger charge is 2.10. The summed E-state index contributed by atoms with van der Waals surface area (Å²) in [5, 5.41) is 7.02. The van der Waals surface area contributed by atoms with Crippen LogP contribution in [0.2, 0.25) is 0 Å². The number of halogens is 1. The van der Waals surface area contributed by atoms with Crippen molar-refractivity contribution in [1.29, 1.82) is 0 Å². The van der Waals surface area contributed by atoms with Gasteiger partial charge in [0.2, 0.25) is 0 Å². The van der Waals surface area contributed by atoms with Gasteiger partial charge in [-0.1, -0.05) is 34.1 Å². The number of aromatic nitrogens is 3. The first-order chi connectivity index (χ1) is 11.1. The van der Waals surface area contributed by atoms with Crippen molar-refractivity contribution in [2.45, 2.75) is 13.5 Å². The lowest BCUT2D eigenvalue weighted by Crippen LogP contribution is -2.23. The number of hydrogen-bond acceptors (Lipinski definition) is 3. The number of benzene rings is 2. The fraction of sp³-hybridized carbons (Fsp3) is 0.118. The van der Waals surface area contributed by atoms with E-state index in [1.165, 1.54) is 6.33 Å². The topological polar surface area (TPSA) is 59.8 Å². The number of rotatable bonds is 4. The zero-order chi connectivity index (χ0) is 16.2. The summed E-state index contributed by atoms with van der Waals surface area (Å²) in [6, 6.07) is 13.4. The van der Waals surface area contributed by atoms with Crippen LogP contribution in [-0.4, -0.2) is 20.7 Å². The van der Waals surface area contributed by atoms with Crippen molar-refractivity contribution in [2.75, 3.05) is 0 Å². The van der Waals surface area contributed by atoms with Crippen LogP contribution in [0.5, 0.6) is 0 Å². The molecule has 1 heterocycles. The van der Waals surface area contributed by atoms with Gasteiger partial charge in [0.25, 0.3) is 5.91 Å². The standard InChI is InChI=1S/C17H15BrN4O/c1-12-15(3-2-4-16(12)18)17(23)20-9-13-5-7-14(8-6-13)22-11-19-10-21-22/h2-8,10-11H,9H2,1H3,(H,20,23). The first-order valence-corrected chi connectivity index (χ1v) is 7.91. The van der Waals surface area contributed by atoms with Gasteiger partial charge in [-0.2, -0.15) is 5.10 Å². The predicted octanol–water partition coefficient (Wildman–Crippen LogP) is 3.27. The molecule has 0 fully saturated rings. The van der Waals surface area contributed by atoms with Crippen molar-refractivity contribution in [1.82, 2.24) is 20.1 Å². The Hall–Kier alpha value is -2.47. The van der Waals surface area contributed by atoms with E-state index in [1.807, 2.05) is 49.4 Å². The van der Waals surface area contributed by atoms with Crippen LogP contribution in [0.4, 0.5) is 0 Å². The van der Waals surface area contributed by atoms with Gasteiger partial charge >= 0.3 is 0 Å². The third-order valence-corrected chi connectivity index (χ3v) is 4.44. The molecule has 2 aromatic carbocycles. The Balaban J connectivity index is 1.66. The molecule has 116 valence electrons. The molecular weight excluding hydrogens is 356 g/mol. The molecule has 3 aromatic rings. The highest BCUT2D eigenvalue weighted by atomic mass is 79.9. The normalized spacial score (nSPS) is 10.5. The van der Waals surface area contributed by atoms with E-state index in [0.717, 1.165) is 21.3 Å².